The second-order valence-corrected chi connectivity index (χ2v) is 7.91. The molecular formula is C20H26N2O5. The predicted octanol–water partition coefficient (Wildman–Crippen LogP) is 1.45. The number of piperidine rings is 1. The van der Waals surface area contributed by atoms with E-state index in [1.165, 1.54) is 0 Å². The first kappa shape index (κ1) is 18.1. The number of hydrogen-bond acceptors (Lipinski definition) is 5. The van der Waals surface area contributed by atoms with E-state index < -0.39 is 5.91 Å². The fraction of sp³-hybridized carbons (Fsp3) is 0.600. The third-order valence-electron chi connectivity index (χ3n) is 5.62. The van der Waals surface area contributed by atoms with Crippen LogP contribution in [-0.4, -0.2) is 67.8 Å². The van der Waals surface area contributed by atoms with Crippen LogP contribution in [-0.2, 0) is 20.7 Å². The zero-order valence-electron chi connectivity index (χ0n) is 15.7. The summed E-state index contributed by atoms with van der Waals surface area (Å²) < 4.78 is 16.1. The molecule has 7 heteroatoms. The minimum atomic E-state index is -0.398. The summed E-state index contributed by atoms with van der Waals surface area (Å²) in [5.41, 5.74) is 1.10. The van der Waals surface area contributed by atoms with Gasteiger partial charge in [0.05, 0.1) is 13.2 Å². The van der Waals surface area contributed by atoms with E-state index in [2.05, 4.69) is 13.0 Å². The van der Waals surface area contributed by atoms with Crippen LogP contribution in [0.25, 0.3) is 0 Å². The van der Waals surface area contributed by atoms with Gasteiger partial charge >= 0.3 is 11.8 Å². The zero-order chi connectivity index (χ0) is 18.9. The lowest BCUT2D eigenvalue weighted by atomic mass is 9.77. The summed E-state index contributed by atoms with van der Waals surface area (Å²) in [5, 5.41) is 0. The third kappa shape index (κ3) is 3.88. The maximum absolute atomic E-state index is 12.7. The van der Waals surface area contributed by atoms with Crippen molar-refractivity contribution in [1.82, 2.24) is 9.80 Å². The summed E-state index contributed by atoms with van der Waals surface area (Å²) in [7, 11) is 0. The lowest BCUT2D eigenvalue weighted by Gasteiger charge is -2.41. The molecule has 0 N–H and O–H groups in total. The van der Waals surface area contributed by atoms with Crippen molar-refractivity contribution in [3.05, 3.63) is 23.8 Å². The van der Waals surface area contributed by atoms with Gasteiger partial charge in [0.1, 0.15) is 0 Å². The Morgan fingerprint density at radius 3 is 2.59 bits per heavy atom. The van der Waals surface area contributed by atoms with Crippen LogP contribution < -0.4 is 9.47 Å². The number of likely N-dealkylation sites (tertiary alicyclic amines) is 1. The van der Waals surface area contributed by atoms with Gasteiger partial charge in [-0.25, -0.2) is 0 Å². The van der Waals surface area contributed by atoms with E-state index in [-0.39, 0.29) is 18.1 Å². The number of carbonyl (C=O) groups is 2. The van der Waals surface area contributed by atoms with Crippen LogP contribution >= 0.6 is 0 Å². The van der Waals surface area contributed by atoms with Crippen LogP contribution in [0.15, 0.2) is 18.2 Å². The number of nitrogens with zero attached hydrogens (tertiary/aromatic N) is 2. The van der Waals surface area contributed by atoms with E-state index in [1.807, 2.05) is 12.1 Å². The third-order valence-corrected chi connectivity index (χ3v) is 5.62. The molecule has 0 aliphatic carbocycles. The second-order valence-electron chi connectivity index (χ2n) is 7.91. The average molecular weight is 374 g/mol. The van der Waals surface area contributed by atoms with Crippen molar-refractivity contribution in [1.29, 1.82) is 0 Å². The Labute approximate surface area is 159 Å². The summed E-state index contributed by atoms with van der Waals surface area (Å²) in [6, 6.07) is 6.01. The molecule has 0 bridgehead atoms. The lowest BCUT2D eigenvalue weighted by Crippen LogP contribution is -2.53. The quantitative estimate of drug-likeness (QED) is 0.733. The Hall–Kier alpha value is -2.28. The van der Waals surface area contributed by atoms with Gasteiger partial charge in [-0.05, 0) is 42.4 Å². The number of carbonyl (C=O) groups excluding carboxylic acids is 2. The van der Waals surface area contributed by atoms with Crippen molar-refractivity contribution in [2.24, 2.45) is 5.41 Å². The van der Waals surface area contributed by atoms with Gasteiger partial charge in [0.2, 0.25) is 6.79 Å². The largest absolute Gasteiger partial charge is 0.454 e. The molecule has 4 rings (SSSR count). The molecule has 0 aromatic heterocycles. The Morgan fingerprint density at radius 1 is 1.04 bits per heavy atom. The second kappa shape index (κ2) is 7.38. The van der Waals surface area contributed by atoms with E-state index in [1.54, 1.807) is 9.80 Å². The van der Waals surface area contributed by atoms with Crippen LogP contribution in [0.3, 0.4) is 0 Å². The van der Waals surface area contributed by atoms with E-state index in [9.17, 15) is 9.59 Å². The number of fused-ring (bicyclic) bond motifs is 1. The van der Waals surface area contributed by atoms with E-state index in [0.29, 0.717) is 39.4 Å². The summed E-state index contributed by atoms with van der Waals surface area (Å²) in [6.45, 7) is 5.68. The molecule has 0 spiro atoms. The number of rotatable bonds is 2. The first-order valence-corrected chi connectivity index (χ1v) is 9.59. The van der Waals surface area contributed by atoms with Crippen molar-refractivity contribution >= 4 is 11.8 Å². The molecule has 0 unspecified atom stereocenters. The monoisotopic (exact) mass is 374 g/mol. The average Bonchev–Trinajstić information content (AvgIpc) is 3.15. The molecule has 2 saturated heterocycles. The molecule has 1 aromatic carbocycles. The van der Waals surface area contributed by atoms with Gasteiger partial charge in [0.25, 0.3) is 0 Å². The van der Waals surface area contributed by atoms with E-state index in [4.69, 9.17) is 14.2 Å². The van der Waals surface area contributed by atoms with Crippen LogP contribution in [0.5, 0.6) is 11.5 Å². The Balaban J connectivity index is 1.42. The van der Waals surface area contributed by atoms with Gasteiger partial charge < -0.3 is 24.0 Å². The van der Waals surface area contributed by atoms with Crippen LogP contribution in [0.4, 0.5) is 0 Å². The van der Waals surface area contributed by atoms with E-state index >= 15 is 0 Å². The van der Waals surface area contributed by atoms with Crippen LogP contribution in [0.2, 0.25) is 0 Å². The maximum Gasteiger partial charge on any atom is 0.312 e. The fourth-order valence-electron chi connectivity index (χ4n) is 4.21. The number of amides is 2. The normalized spacial score (nSPS) is 24.8. The standard InChI is InChI=1S/C20H26N2O5/c1-20(12-15-3-4-16-17(11-15)27-14-26-16)5-2-6-22(13-20)19(24)18(23)21-7-9-25-10-8-21/h3-4,11H,2,5-10,12-14H2,1H3/t20-/m1/s1. The summed E-state index contributed by atoms with van der Waals surface area (Å²) in [4.78, 5) is 28.6. The molecule has 0 radical (unpaired) electrons. The summed E-state index contributed by atoms with van der Waals surface area (Å²) in [6.07, 6.45) is 2.76. The van der Waals surface area contributed by atoms with Crippen molar-refractivity contribution in [2.75, 3.05) is 46.2 Å². The first-order valence-electron chi connectivity index (χ1n) is 9.59. The lowest BCUT2D eigenvalue weighted by molar-refractivity contribution is -0.155. The fourth-order valence-corrected chi connectivity index (χ4v) is 4.21. The van der Waals surface area contributed by atoms with Crippen molar-refractivity contribution in [3.63, 3.8) is 0 Å². The van der Waals surface area contributed by atoms with Gasteiger partial charge in [-0.15, -0.1) is 0 Å². The van der Waals surface area contributed by atoms with E-state index in [0.717, 1.165) is 36.3 Å². The number of hydrogen-bond donors (Lipinski definition) is 0. The minimum absolute atomic E-state index is 0.0626. The highest BCUT2D eigenvalue weighted by Crippen LogP contribution is 2.37. The number of morpholine rings is 1. The molecule has 146 valence electrons. The molecule has 2 amide bonds. The van der Waals surface area contributed by atoms with Gasteiger partial charge in [0, 0.05) is 26.2 Å². The smallest absolute Gasteiger partial charge is 0.312 e. The van der Waals surface area contributed by atoms with Gasteiger partial charge in [0.15, 0.2) is 11.5 Å². The van der Waals surface area contributed by atoms with Crippen molar-refractivity contribution in [2.45, 2.75) is 26.2 Å². The molecule has 27 heavy (non-hydrogen) atoms. The topological polar surface area (TPSA) is 68.3 Å². The highest BCUT2D eigenvalue weighted by Gasteiger charge is 2.37. The molecule has 1 atom stereocenters. The summed E-state index contributed by atoms with van der Waals surface area (Å²) >= 11 is 0. The molecule has 0 saturated carbocycles. The Bertz CT molecular complexity index is 731. The minimum Gasteiger partial charge on any atom is -0.454 e. The van der Waals surface area contributed by atoms with Crippen LogP contribution in [0.1, 0.15) is 25.3 Å². The molecule has 7 nitrogen and oxygen atoms in total. The zero-order valence-corrected chi connectivity index (χ0v) is 15.7. The maximum atomic E-state index is 12.7. The molecule has 3 aliphatic rings. The van der Waals surface area contributed by atoms with Crippen molar-refractivity contribution in [3.8, 4) is 11.5 Å². The SMILES string of the molecule is C[C@]1(Cc2ccc3c(c2)OCO3)CCCN(C(=O)C(=O)N2CCOCC2)C1. The van der Waals surface area contributed by atoms with Gasteiger partial charge in [-0.1, -0.05) is 13.0 Å². The summed E-state index contributed by atoms with van der Waals surface area (Å²) in [5.74, 6) is 0.780. The molecule has 3 heterocycles. The number of ether oxygens (including phenoxy) is 3. The van der Waals surface area contributed by atoms with Gasteiger partial charge in [-0.3, -0.25) is 9.59 Å². The van der Waals surface area contributed by atoms with Crippen LogP contribution in [0, 0.1) is 5.41 Å². The first-order chi connectivity index (χ1) is 13.0. The molecular weight excluding hydrogens is 348 g/mol. The molecule has 1 aromatic rings. The molecule has 3 aliphatic heterocycles. The highest BCUT2D eigenvalue weighted by molar-refractivity contribution is 6.34. The van der Waals surface area contributed by atoms with Crippen molar-refractivity contribution < 1.29 is 23.8 Å². The number of benzene rings is 1. The van der Waals surface area contributed by atoms with Gasteiger partial charge in [-0.2, -0.15) is 0 Å². The molecule has 2 fully saturated rings. The highest BCUT2D eigenvalue weighted by atomic mass is 16.7. The Kier molecular flexibility index (Phi) is 4.95. The predicted molar refractivity (Wildman–Crippen MR) is 97.6 cm³/mol. The Morgan fingerprint density at radius 2 is 1.78 bits per heavy atom.